The summed E-state index contributed by atoms with van der Waals surface area (Å²) in [6.45, 7) is 0. The molecule has 0 radical (unpaired) electrons. The summed E-state index contributed by atoms with van der Waals surface area (Å²) in [6.07, 6.45) is 6.78. The lowest BCUT2D eigenvalue weighted by Crippen LogP contribution is -2.37. The summed E-state index contributed by atoms with van der Waals surface area (Å²) in [5.41, 5.74) is 0.655. The molecule has 0 aromatic heterocycles. The maximum atomic E-state index is 12.2. The van der Waals surface area contributed by atoms with Crippen LogP contribution in [-0.2, 0) is 15.1 Å². The fourth-order valence-electron chi connectivity index (χ4n) is 3.36. The van der Waals surface area contributed by atoms with Crippen LogP contribution in [0.3, 0.4) is 0 Å². The van der Waals surface area contributed by atoms with Gasteiger partial charge in [-0.25, -0.2) is 0 Å². The van der Waals surface area contributed by atoms with Gasteiger partial charge in [-0.05, 0) is 37.3 Å². The van der Waals surface area contributed by atoms with Gasteiger partial charge in [0.05, 0.1) is 5.54 Å². The van der Waals surface area contributed by atoms with Crippen molar-refractivity contribution in [1.29, 1.82) is 0 Å². The molecule has 2 saturated carbocycles. The molecule has 0 bridgehead atoms. The van der Waals surface area contributed by atoms with E-state index in [1.54, 1.807) is 0 Å². The molecule has 2 amide bonds. The zero-order valence-electron chi connectivity index (χ0n) is 13.2. The minimum absolute atomic E-state index is 0.0189. The highest BCUT2D eigenvalue weighted by Crippen LogP contribution is 2.47. The summed E-state index contributed by atoms with van der Waals surface area (Å²) in [4.78, 5) is 24.1. The number of halogens is 1. The Morgan fingerprint density at radius 3 is 2.39 bits per heavy atom. The van der Waals surface area contributed by atoms with Gasteiger partial charge >= 0.3 is 0 Å². The Labute approximate surface area is 142 Å². The first-order chi connectivity index (χ1) is 11.1. The molecule has 3 rings (SSSR count). The van der Waals surface area contributed by atoms with E-state index in [1.807, 2.05) is 24.3 Å². The van der Waals surface area contributed by atoms with Crippen molar-refractivity contribution >= 4 is 23.4 Å². The van der Waals surface area contributed by atoms with Crippen molar-refractivity contribution in [3.63, 3.8) is 0 Å². The topological polar surface area (TPSA) is 58.2 Å². The van der Waals surface area contributed by atoms with Gasteiger partial charge < -0.3 is 10.6 Å². The van der Waals surface area contributed by atoms with E-state index in [0.29, 0.717) is 11.1 Å². The van der Waals surface area contributed by atoms with Crippen molar-refractivity contribution in [2.75, 3.05) is 0 Å². The summed E-state index contributed by atoms with van der Waals surface area (Å²) in [5.74, 6) is -0.0985. The third-order valence-corrected chi connectivity index (χ3v) is 5.15. The average molecular weight is 335 g/mol. The first-order valence-electron chi connectivity index (χ1n) is 8.44. The molecule has 2 aliphatic carbocycles. The molecule has 1 aromatic rings. The summed E-state index contributed by atoms with van der Waals surface area (Å²) < 4.78 is 0. The van der Waals surface area contributed by atoms with E-state index in [1.165, 1.54) is 12.8 Å². The van der Waals surface area contributed by atoms with Gasteiger partial charge in [0.2, 0.25) is 11.8 Å². The minimum Gasteiger partial charge on any atom is -0.353 e. The quantitative estimate of drug-likeness (QED) is 0.838. The molecule has 23 heavy (non-hydrogen) atoms. The lowest BCUT2D eigenvalue weighted by Gasteiger charge is -2.19. The Kier molecular flexibility index (Phi) is 4.90. The lowest BCUT2D eigenvalue weighted by atomic mass is 10.0. The normalized spacial score (nSPS) is 19.3. The molecule has 124 valence electrons. The number of hydrogen-bond acceptors (Lipinski definition) is 2. The number of rotatable bonds is 6. The standard InChI is InChI=1S/C18H23ClN2O2/c19-15-8-4-3-7-14(15)18(11-12-18)21-17(23)10-9-16(22)20-13-5-1-2-6-13/h3-4,7-8,13H,1-2,5-6,9-12H2,(H,20,22)(H,21,23). The number of benzene rings is 1. The summed E-state index contributed by atoms with van der Waals surface area (Å²) in [7, 11) is 0. The molecular weight excluding hydrogens is 312 g/mol. The first kappa shape index (κ1) is 16.3. The zero-order valence-corrected chi connectivity index (χ0v) is 14.0. The predicted molar refractivity (Wildman–Crippen MR) is 90.1 cm³/mol. The maximum Gasteiger partial charge on any atom is 0.221 e. The fraction of sp³-hybridized carbons (Fsp3) is 0.556. The van der Waals surface area contributed by atoms with Crippen LogP contribution in [0.15, 0.2) is 24.3 Å². The summed E-state index contributed by atoms with van der Waals surface area (Å²) >= 11 is 6.24. The number of carbonyl (C=O) groups excluding carboxylic acids is 2. The second-order valence-electron chi connectivity index (χ2n) is 6.66. The first-order valence-corrected chi connectivity index (χ1v) is 8.82. The monoisotopic (exact) mass is 334 g/mol. The summed E-state index contributed by atoms with van der Waals surface area (Å²) in [6, 6.07) is 7.93. The van der Waals surface area contributed by atoms with Crippen LogP contribution in [0.4, 0.5) is 0 Å². The molecule has 2 N–H and O–H groups in total. The largest absolute Gasteiger partial charge is 0.353 e. The molecule has 0 unspecified atom stereocenters. The van der Waals surface area contributed by atoms with E-state index in [0.717, 1.165) is 31.2 Å². The molecule has 0 spiro atoms. The molecule has 2 aliphatic rings. The van der Waals surface area contributed by atoms with Crippen molar-refractivity contribution in [1.82, 2.24) is 10.6 Å². The van der Waals surface area contributed by atoms with Gasteiger partial charge in [-0.2, -0.15) is 0 Å². The van der Waals surface area contributed by atoms with Gasteiger partial charge in [-0.3, -0.25) is 9.59 Å². The van der Waals surface area contributed by atoms with E-state index in [2.05, 4.69) is 10.6 Å². The molecule has 0 heterocycles. The third kappa shape index (κ3) is 4.05. The van der Waals surface area contributed by atoms with Gasteiger partial charge in [0.25, 0.3) is 0 Å². The van der Waals surface area contributed by atoms with Gasteiger partial charge in [-0.15, -0.1) is 0 Å². The molecule has 5 heteroatoms. The number of amides is 2. The molecular formula is C18H23ClN2O2. The fourth-order valence-corrected chi connectivity index (χ4v) is 3.68. The maximum absolute atomic E-state index is 12.2. The molecule has 1 aromatic carbocycles. The lowest BCUT2D eigenvalue weighted by molar-refractivity contribution is -0.127. The Hall–Kier alpha value is -1.55. The number of nitrogens with one attached hydrogen (secondary N) is 2. The average Bonchev–Trinajstić information content (AvgIpc) is 3.11. The van der Waals surface area contributed by atoms with Crippen molar-refractivity contribution in [2.24, 2.45) is 0 Å². The van der Waals surface area contributed by atoms with Crippen molar-refractivity contribution < 1.29 is 9.59 Å². The third-order valence-electron chi connectivity index (χ3n) is 4.82. The van der Waals surface area contributed by atoms with Crippen LogP contribution in [0, 0.1) is 0 Å². The molecule has 0 atom stereocenters. The second-order valence-corrected chi connectivity index (χ2v) is 7.07. The van der Waals surface area contributed by atoms with E-state index in [4.69, 9.17) is 11.6 Å². The molecule has 2 fully saturated rings. The van der Waals surface area contributed by atoms with E-state index in [-0.39, 0.29) is 30.2 Å². The van der Waals surface area contributed by atoms with Gasteiger partial charge in [-0.1, -0.05) is 42.6 Å². The van der Waals surface area contributed by atoms with Crippen molar-refractivity contribution in [2.45, 2.75) is 62.9 Å². The van der Waals surface area contributed by atoms with Crippen LogP contribution in [0.5, 0.6) is 0 Å². The van der Waals surface area contributed by atoms with Gasteiger partial charge in [0.1, 0.15) is 0 Å². The number of hydrogen-bond donors (Lipinski definition) is 2. The van der Waals surface area contributed by atoms with E-state index in [9.17, 15) is 9.59 Å². The van der Waals surface area contributed by atoms with E-state index >= 15 is 0 Å². The van der Waals surface area contributed by atoms with Gasteiger partial charge in [0.15, 0.2) is 0 Å². The molecule has 0 saturated heterocycles. The Morgan fingerprint density at radius 2 is 1.74 bits per heavy atom. The highest BCUT2D eigenvalue weighted by Gasteiger charge is 2.46. The van der Waals surface area contributed by atoms with Crippen LogP contribution in [0.25, 0.3) is 0 Å². The highest BCUT2D eigenvalue weighted by atomic mass is 35.5. The van der Waals surface area contributed by atoms with E-state index < -0.39 is 0 Å². The van der Waals surface area contributed by atoms with Gasteiger partial charge in [0, 0.05) is 23.9 Å². The van der Waals surface area contributed by atoms with Crippen LogP contribution < -0.4 is 10.6 Å². The highest BCUT2D eigenvalue weighted by molar-refractivity contribution is 6.31. The Morgan fingerprint density at radius 1 is 1.09 bits per heavy atom. The van der Waals surface area contributed by atoms with Crippen LogP contribution in [0.2, 0.25) is 5.02 Å². The Balaban J connectivity index is 1.48. The second kappa shape index (κ2) is 6.91. The van der Waals surface area contributed by atoms with Crippen LogP contribution in [0.1, 0.15) is 56.9 Å². The molecule has 4 nitrogen and oxygen atoms in total. The zero-order chi connectivity index (χ0) is 16.3. The SMILES string of the molecule is O=C(CCC(=O)NC1(c2ccccc2Cl)CC1)NC1CCCC1. The minimum atomic E-state index is -0.322. The predicted octanol–water partition coefficient (Wildman–Crippen LogP) is 3.28. The Bertz CT molecular complexity index is 592. The van der Waals surface area contributed by atoms with Crippen molar-refractivity contribution in [3.05, 3.63) is 34.9 Å². The van der Waals surface area contributed by atoms with Crippen LogP contribution >= 0.6 is 11.6 Å². The number of carbonyl (C=O) groups is 2. The summed E-state index contributed by atoms with van der Waals surface area (Å²) in [5, 5.41) is 6.77. The smallest absolute Gasteiger partial charge is 0.221 e. The van der Waals surface area contributed by atoms with Crippen molar-refractivity contribution in [3.8, 4) is 0 Å². The van der Waals surface area contributed by atoms with Crippen LogP contribution in [-0.4, -0.2) is 17.9 Å². The molecule has 0 aliphatic heterocycles.